The van der Waals surface area contributed by atoms with Crippen LogP contribution < -0.4 is 9.47 Å². The molecule has 0 spiro atoms. The molecule has 6 nitrogen and oxygen atoms in total. The molecule has 0 unspecified atom stereocenters. The number of aromatic nitrogens is 2. The molecule has 1 aliphatic rings. The Labute approximate surface area is 174 Å². The van der Waals surface area contributed by atoms with E-state index in [1.165, 1.54) is 11.3 Å². The molecule has 150 valence electrons. The smallest absolute Gasteiger partial charge is 0.266 e. The molecule has 1 aliphatic heterocycles. The Kier molecular flexibility index (Phi) is 5.49. The molecule has 0 N–H and O–H groups in total. The Hall–Kier alpha value is -2.93. The minimum atomic E-state index is -0.0487. The van der Waals surface area contributed by atoms with E-state index in [0.29, 0.717) is 11.4 Å². The summed E-state index contributed by atoms with van der Waals surface area (Å²) in [5, 5.41) is 0.765. The van der Waals surface area contributed by atoms with Gasteiger partial charge in [0.15, 0.2) is 0 Å². The highest BCUT2D eigenvalue weighted by molar-refractivity contribution is 7.17. The van der Waals surface area contributed by atoms with Crippen LogP contribution in [0, 0.1) is 6.92 Å². The average molecular weight is 410 g/mol. The number of amides is 1. The van der Waals surface area contributed by atoms with E-state index in [4.69, 9.17) is 9.47 Å². The number of thiazole rings is 1. The van der Waals surface area contributed by atoms with Crippen LogP contribution in [0.15, 0.2) is 42.6 Å². The summed E-state index contributed by atoms with van der Waals surface area (Å²) in [6, 6.07) is 11.4. The number of methoxy groups -OCH3 is 2. The zero-order valence-electron chi connectivity index (χ0n) is 16.7. The lowest BCUT2D eigenvalue weighted by Gasteiger charge is -2.26. The maximum absolute atomic E-state index is 13.5. The molecule has 3 heterocycles. The number of aryl methyl sites for hydroxylation is 1. The van der Waals surface area contributed by atoms with Crippen LogP contribution in [0.2, 0.25) is 0 Å². The molecule has 29 heavy (non-hydrogen) atoms. The van der Waals surface area contributed by atoms with Crippen molar-refractivity contribution in [3.8, 4) is 22.2 Å². The number of hydrogen-bond acceptors (Lipinski definition) is 6. The van der Waals surface area contributed by atoms with E-state index < -0.39 is 0 Å². The van der Waals surface area contributed by atoms with Gasteiger partial charge in [-0.2, -0.15) is 0 Å². The minimum absolute atomic E-state index is 0.00885. The van der Waals surface area contributed by atoms with Gasteiger partial charge in [0.05, 0.1) is 31.6 Å². The maximum atomic E-state index is 13.5. The summed E-state index contributed by atoms with van der Waals surface area (Å²) in [5.41, 5.74) is 2.50. The van der Waals surface area contributed by atoms with Crippen molar-refractivity contribution in [3.63, 3.8) is 0 Å². The molecule has 1 atom stereocenters. The van der Waals surface area contributed by atoms with E-state index in [-0.39, 0.29) is 11.9 Å². The molecule has 7 heteroatoms. The average Bonchev–Trinajstić information content (AvgIpc) is 3.40. The Morgan fingerprint density at radius 2 is 2.07 bits per heavy atom. The molecule has 0 aliphatic carbocycles. The number of carbonyl (C=O) groups excluding carboxylic acids is 1. The number of pyridine rings is 1. The third-order valence-corrected chi connectivity index (χ3v) is 6.35. The monoisotopic (exact) mass is 409 g/mol. The third-order valence-electron chi connectivity index (χ3n) is 5.18. The second kappa shape index (κ2) is 8.21. The first-order chi connectivity index (χ1) is 14.1. The van der Waals surface area contributed by atoms with Gasteiger partial charge >= 0.3 is 0 Å². The van der Waals surface area contributed by atoms with Crippen LogP contribution in [0.25, 0.3) is 10.7 Å². The lowest BCUT2D eigenvalue weighted by Crippen LogP contribution is -2.30. The van der Waals surface area contributed by atoms with Gasteiger partial charge in [0.25, 0.3) is 5.91 Å². The summed E-state index contributed by atoms with van der Waals surface area (Å²) in [6.45, 7) is 2.59. The first-order valence-corrected chi connectivity index (χ1v) is 10.4. The first kappa shape index (κ1) is 19.4. The topological polar surface area (TPSA) is 64.6 Å². The van der Waals surface area contributed by atoms with Gasteiger partial charge in [0, 0.05) is 18.3 Å². The second-order valence-corrected chi connectivity index (χ2v) is 7.91. The van der Waals surface area contributed by atoms with Gasteiger partial charge in [-0.3, -0.25) is 9.78 Å². The Bertz CT molecular complexity index is 1020. The maximum Gasteiger partial charge on any atom is 0.266 e. The van der Waals surface area contributed by atoms with Crippen molar-refractivity contribution >= 4 is 17.2 Å². The molecular formula is C22H23N3O3S. The Morgan fingerprint density at radius 1 is 1.21 bits per heavy atom. The van der Waals surface area contributed by atoms with E-state index >= 15 is 0 Å². The second-order valence-electron chi connectivity index (χ2n) is 6.91. The summed E-state index contributed by atoms with van der Waals surface area (Å²) in [7, 11) is 3.29. The fourth-order valence-corrected chi connectivity index (χ4v) is 4.76. The summed E-state index contributed by atoms with van der Waals surface area (Å²) in [5.74, 6) is 1.53. The van der Waals surface area contributed by atoms with Gasteiger partial charge in [-0.25, -0.2) is 4.98 Å². The van der Waals surface area contributed by atoms with Crippen LogP contribution in [0.1, 0.15) is 39.8 Å². The van der Waals surface area contributed by atoms with E-state index in [1.54, 1.807) is 20.4 Å². The summed E-state index contributed by atoms with van der Waals surface area (Å²) in [6.07, 6.45) is 3.57. The Balaban J connectivity index is 1.67. The lowest BCUT2D eigenvalue weighted by molar-refractivity contribution is 0.0738. The standard InChI is InChI=1S/C22H23N3O3S/c1-14-20(29-21(24-14)17-7-4-5-11-23-17)22(26)25-12-6-8-18(25)16-13-15(27-2)9-10-19(16)28-3/h4-5,7,9-11,13,18H,6,8,12H2,1-3H3/t18-/m1/s1. The SMILES string of the molecule is COc1ccc(OC)c([C@H]2CCCN2C(=O)c2sc(-c3ccccn3)nc2C)c1. The minimum Gasteiger partial charge on any atom is -0.497 e. The van der Waals surface area contributed by atoms with Gasteiger partial charge in [0.1, 0.15) is 21.4 Å². The highest BCUT2D eigenvalue weighted by atomic mass is 32.1. The van der Waals surface area contributed by atoms with Crippen molar-refractivity contribution in [2.24, 2.45) is 0 Å². The highest BCUT2D eigenvalue weighted by Crippen LogP contribution is 2.40. The van der Waals surface area contributed by atoms with Crippen LogP contribution in [-0.4, -0.2) is 41.5 Å². The zero-order chi connectivity index (χ0) is 20.4. The number of likely N-dealkylation sites (tertiary alicyclic amines) is 1. The lowest BCUT2D eigenvalue weighted by atomic mass is 10.0. The number of benzene rings is 1. The molecule has 0 radical (unpaired) electrons. The Morgan fingerprint density at radius 3 is 2.79 bits per heavy atom. The molecule has 1 aromatic carbocycles. The zero-order valence-corrected chi connectivity index (χ0v) is 17.5. The normalized spacial score (nSPS) is 16.1. The fraction of sp³-hybridized carbons (Fsp3) is 0.318. The van der Waals surface area contributed by atoms with Gasteiger partial charge in [-0.15, -0.1) is 11.3 Å². The summed E-state index contributed by atoms with van der Waals surface area (Å²) in [4.78, 5) is 25.0. The molecule has 0 saturated carbocycles. The van der Waals surface area contributed by atoms with Gasteiger partial charge in [-0.05, 0) is 50.1 Å². The van der Waals surface area contributed by atoms with E-state index in [2.05, 4.69) is 9.97 Å². The van der Waals surface area contributed by atoms with Crippen molar-refractivity contribution in [2.45, 2.75) is 25.8 Å². The first-order valence-electron chi connectivity index (χ1n) is 9.54. The molecule has 2 aromatic heterocycles. The molecule has 4 rings (SSSR count). The largest absolute Gasteiger partial charge is 0.497 e. The van der Waals surface area contributed by atoms with Gasteiger partial charge in [0.2, 0.25) is 0 Å². The van der Waals surface area contributed by atoms with Crippen molar-refractivity contribution in [1.29, 1.82) is 0 Å². The van der Waals surface area contributed by atoms with Crippen LogP contribution in [0.4, 0.5) is 0 Å². The van der Waals surface area contributed by atoms with E-state index in [1.807, 2.05) is 48.2 Å². The van der Waals surface area contributed by atoms with E-state index in [0.717, 1.165) is 46.3 Å². The van der Waals surface area contributed by atoms with Crippen molar-refractivity contribution < 1.29 is 14.3 Å². The third kappa shape index (κ3) is 3.70. The van der Waals surface area contributed by atoms with Gasteiger partial charge < -0.3 is 14.4 Å². The molecule has 1 amide bonds. The number of ether oxygens (including phenoxy) is 2. The molecule has 3 aromatic rings. The van der Waals surface area contributed by atoms with Crippen LogP contribution in [0.3, 0.4) is 0 Å². The quantitative estimate of drug-likeness (QED) is 0.620. The van der Waals surface area contributed by atoms with Crippen molar-refractivity contribution in [3.05, 3.63) is 58.7 Å². The number of nitrogens with zero attached hydrogens (tertiary/aromatic N) is 3. The summed E-state index contributed by atoms with van der Waals surface area (Å²) >= 11 is 1.40. The predicted octanol–water partition coefficient (Wildman–Crippen LogP) is 4.51. The summed E-state index contributed by atoms with van der Waals surface area (Å²) < 4.78 is 11.0. The predicted molar refractivity (Wildman–Crippen MR) is 113 cm³/mol. The fourth-order valence-electron chi connectivity index (χ4n) is 3.76. The van der Waals surface area contributed by atoms with Gasteiger partial charge in [-0.1, -0.05) is 6.07 Å². The molecule has 1 fully saturated rings. The molecule has 0 bridgehead atoms. The van der Waals surface area contributed by atoms with Crippen LogP contribution >= 0.6 is 11.3 Å². The van der Waals surface area contributed by atoms with Crippen molar-refractivity contribution in [2.75, 3.05) is 20.8 Å². The number of hydrogen-bond donors (Lipinski definition) is 0. The van der Waals surface area contributed by atoms with Crippen LogP contribution in [-0.2, 0) is 0 Å². The highest BCUT2D eigenvalue weighted by Gasteiger charge is 2.34. The molecule has 1 saturated heterocycles. The van der Waals surface area contributed by atoms with E-state index in [9.17, 15) is 4.79 Å². The molecular weight excluding hydrogens is 386 g/mol. The van der Waals surface area contributed by atoms with Crippen LogP contribution in [0.5, 0.6) is 11.5 Å². The number of rotatable bonds is 5. The van der Waals surface area contributed by atoms with Crippen molar-refractivity contribution in [1.82, 2.24) is 14.9 Å². The number of carbonyl (C=O) groups is 1.